The first-order valence-electron chi connectivity index (χ1n) is 4.07. The smallest absolute Gasteiger partial charge is 0.294 e. The first kappa shape index (κ1) is 12.7. The number of nitrogens with one attached hydrogen (secondary N) is 1. The molecule has 5 nitrogen and oxygen atoms in total. The number of halogens is 1. The molecule has 7 heteroatoms. The van der Waals surface area contributed by atoms with Gasteiger partial charge in [0.15, 0.2) is 0 Å². The van der Waals surface area contributed by atoms with Crippen LogP contribution in [0, 0.1) is 0 Å². The Labute approximate surface area is 97.3 Å². The number of rotatable bonds is 1. The summed E-state index contributed by atoms with van der Waals surface area (Å²) in [5.41, 5.74) is 0.0487. The number of hydrogen-bond donors (Lipinski definition) is 2. The fourth-order valence-electron chi connectivity index (χ4n) is 1.29. The van der Waals surface area contributed by atoms with Crippen LogP contribution in [-0.2, 0) is 10.1 Å². The zero-order valence-electron chi connectivity index (χ0n) is 7.88. The molecule has 2 N–H and O–H groups in total. The Morgan fingerprint density at radius 3 is 2.38 bits per heavy atom. The second-order valence-electron chi connectivity index (χ2n) is 3.05. The van der Waals surface area contributed by atoms with Crippen LogP contribution < -0.4 is 5.56 Å². The molecule has 0 fully saturated rings. The molecule has 0 aliphatic rings. The lowest BCUT2D eigenvalue weighted by Crippen LogP contribution is -2.04. The predicted octanol–water partition coefficient (Wildman–Crippen LogP) is 1.20. The molecular formula is C9H8ClNO4S. The number of hydrogen-bond acceptors (Lipinski definition) is 3. The highest BCUT2D eigenvalue weighted by atomic mass is 35.5. The number of benzene rings is 1. The Balaban J connectivity index is 0.00000128. The van der Waals surface area contributed by atoms with E-state index in [1.165, 1.54) is 24.3 Å². The minimum Gasteiger partial charge on any atom is -0.322 e. The fourth-order valence-corrected chi connectivity index (χ4v) is 1.80. The summed E-state index contributed by atoms with van der Waals surface area (Å²) < 4.78 is 30.4. The van der Waals surface area contributed by atoms with E-state index < -0.39 is 10.1 Å². The van der Waals surface area contributed by atoms with Crippen LogP contribution in [0.2, 0.25) is 0 Å². The Kier molecular flexibility index (Phi) is 3.37. The predicted molar refractivity (Wildman–Crippen MR) is 61.6 cm³/mol. The summed E-state index contributed by atoms with van der Waals surface area (Å²) in [6, 6.07) is 6.91. The Morgan fingerprint density at radius 1 is 1.12 bits per heavy atom. The van der Waals surface area contributed by atoms with E-state index in [-0.39, 0.29) is 22.9 Å². The average Bonchev–Trinajstić information content (AvgIpc) is 2.15. The van der Waals surface area contributed by atoms with Crippen molar-refractivity contribution < 1.29 is 13.0 Å². The summed E-state index contributed by atoms with van der Waals surface area (Å²) in [6.07, 6.45) is 0. The normalized spacial score (nSPS) is 11.1. The molecule has 0 unspecified atom stereocenters. The van der Waals surface area contributed by atoms with Gasteiger partial charge >= 0.3 is 0 Å². The first-order valence-corrected chi connectivity index (χ1v) is 5.51. The highest BCUT2D eigenvalue weighted by molar-refractivity contribution is 7.85. The van der Waals surface area contributed by atoms with Crippen LogP contribution >= 0.6 is 12.4 Å². The second-order valence-corrected chi connectivity index (χ2v) is 4.47. The van der Waals surface area contributed by atoms with E-state index in [2.05, 4.69) is 4.98 Å². The summed E-state index contributed by atoms with van der Waals surface area (Å²) in [6.45, 7) is 0. The highest BCUT2D eigenvalue weighted by Gasteiger charge is 2.09. The summed E-state index contributed by atoms with van der Waals surface area (Å²) >= 11 is 0. The molecule has 0 aliphatic carbocycles. The van der Waals surface area contributed by atoms with Gasteiger partial charge < -0.3 is 4.98 Å². The third-order valence-electron chi connectivity index (χ3n) is 1.99. The average molecular weight is 262 g/mol. The molecule has 0 bridgehead atoms. The maximum absolute atomic E-state index is 11.0. The van der Waals surface area contributed by atoms with Gasteiger partial charge in [-0.2, -0.15) is 8.42 Å². The van der Waals surface area contributed by atoms with Crippen LogP contribution in [0.4, 0.5) is 0 Å². The van der Waals surface area contributed by atoms with Gasteiger partial charge in [0, 0.05) is 11.6 Å². The van der Waals surface area contributed by atoms with Crippen molar-refractivity contribution in [2.24, 2.45) is 0 Å². The molecule has 0 radical (unpaired) electrons. The van der Waals surface area contributed by atoms with Crippen LogP contribution in [0.3, 0.4) is 0 Å². The highest BCUT2D eigenvalue weighted by Crippen LogP contribution is 2.15. The van der Waals surface area contributed by atoms with E-state index in [0.29, 0.717) is 10.9 Å². The van der Waals surface area contributed by atoms with E-state index in [4.69, 9.17) is 4.55 Å². The van der Waals surface area contributed by atoms with Crippen molar-refractivity contribution in [3.05, 3.63) is 40.7 Å². The zero-order chi connectivity index (χ0) is 11.1. The van der Waals surface area contributed by atoms with Gasteiger partial charge in [-0.15, -0.1) is 12.4 Å². The van der Waals surface area contributed by atoms with Gasteiger partial charge in [0.2, 0.25) is 5.56 Å². The summed E-state index contributed by atoms with van der Waals surface area (Å²) in [5.74, 6) is 0. The van der Waals surface area contributed by atoms with Crippen molar-refractivity contribution in [3.8, 4) is 0 Å². The standard InChI is InChI=1S/C9H7NO4S.ClH/c11-9-4-2-6-1-3-7(15(12,13)14)5-8(6)10-9;/h1-5H,(H,10,11)(H,12,13,14);1H. The van der Waals surface area contributed by atoms with Gasteiger partial charge in [-0.3, -0.25) is 9.35 Å². The molecule has 0 saturated heterocycles. The summed E-state index contributed by atoms with van der Waals surface area (Å²) in [4.78, 5) is 13.2. The molecule has 0 saturated carbocycles. The van der Waals surface area contributed by atoms with Crippen molar-refractivity contribution >= 4 is 33.4 Å². The maximum Gasteiger partial charge on any atom is 0.294 e. The maximum atomic E-state index is 11.0. The van der Waals surface area contributed by atoms with E-state index >= 15 is 0 Å². The topological polar surface area (TPSA) is 87.2 Å². The van der Waals surface area contributed by atoms with Crippen molar-refractivity contribution in [2.45, 2.75) is 4.90 Å². The fraction of sp³-hybridized carbons (Fsp3) is 0. The SMILES string of the molecule is Cl.O=c1ccc2ccc(S(=O)(=O)O)cc2[nH]1. The zero-order valence-corrected chi connectivity index (χ0v) is 9.51. The van der Waals surface area contributed by atoms with Crippen LogP contribution in [-0.4, -0.2) is 18.0 Å². The van der Waals surface area contributed by atoms with Gasteiger partial charge in [-0.1, -0.05) is 6.07 Å². The van der Waals surface area contributed by atoms with Crippen LogP contribution in [0.25, 0.3) is 10.9 Å². The second kappa shape index (κ2) is 4.25. The van der Waals surface area contributed by atoms with E-state index in [9.17, 15) is 13.2 Å². The van der Waals surface area contributed by atoms with E-state index in [1.54, 1.807) is 6.07 Å². The molecular weight excluding hydrogens is 254 g/mol. The first-order chi connectivity index (χ1) is 6.97. The number of aromatic amines is 1. The lowest BCUT2D eigenvalue weighted by Gasteiger charge is -1.99. The van der Waals surface area contributed by atoms with Gasteiger partial charge in [-0.05, 0) is 23.6 Å². The van der Waals surface area contributed by atoms with Gasteiger partial charge in [0.05, 0.1) is 4.90 Å². The largest absolute Gasteiger partial charge is 0.322 e. The molecule has 0 aliphatic heterocycles. The lowest BCUT2D eigenvalue weighted by atomic mass is 10.2. The summed E-state index contributed by atoms with van der Waals surface area (Å²) in [5, 5.41) is 0.696. The third-order valence-corrected chi connectivity index (χ3v) is 2.84. The molecule has 0 amide bonds. The van der Waals surface area contributed by atoms with Crippen molar-refractivity contribution in [1.29, 1.82) is 0 Å². The number of H-pyrrole nitrogens is 1. The molecule has 0 spiro atoms. The molecule has 1 aromatic heterocycles. The number of fused-ring (bicyclic) bond motifs is 1. The molecule has 2 aromatic rings. The molecule has 0 atom stereocenters. The third kappa shape index (κ3) is 2.41. The molecule has 86 valence electrons. The summed E-state index contributed by atoms with van der Waals surface area (Å²) in [7, 11) is -4.23. The van der Waals surface area contributed by atoms with Crippen LogP contribution in [0.5, 0.6) is 0 Å². The Bertz CT molecular complexity index is 677. The lowest BCUT2D eigenvalue weighted by molar-refractivity contribution is 0.483. The number of pyridine rings is 1. The molecule has 1 heterocycles. The van der Waals surface area contributed by atoms with E-state index in [0.717, 1.165) is 0 Å². The Hall–Kier alpha value is -1.37. The van der Waals surface area contributed by atoms with Crippen molar-refractivity contribution in [2.75, 3.05) is 0 Å². The van der Waals surface area contributed by atoms with E-state index in [1.807, 2.05) is 0 Å². The monoisotopic (exact) mass is 261 g/mol. The quantitative estimate of drug-likeness (QED) is 0.755. The van der Waals surface area contributed by atoms with Gasteiger partial charge in [0.25, 0.3) is 10.1 Å². The Morgan fingerprint density at radius 2 is 1.75 bits per heavy atom. The molecule has 1 aromatic carbocycles. The van der Waals surface area contributed by atoms with Crippen molar-refractivity contribution in [3.63, 3.8) is 0 Å². The van der Waals surface area contributed by atoms with Crippen LogP contribution in [0.1, 0.15) is 0 Å². The molecule has 2 rings (SSSR count). The van der Waals surface area contributed by atoms with Crippen molar-refractivity contribution in [1.82, 2.24) is 4.98 Å². The molecule has 16 heavy (non-hydrogen) atoms. The van der Waals surface area contributed by atoms with Gasteiger partial charge in [0.1, 0.15) is 0 Å². The number of aromatic nitrogens is 1. The minimum absolute atomic E-state index is 0. The minimum atomic E-state index is -4.23. The van der Waals surface area contributed by atoms with Gasteiger partial charge in [-0.25, -0.2) is 0 Å². The van der Waals surface area contributed by atoms with Crippen LogP contribution in [0.15, 0.2) is 40.0 Å².